The molecule has 1 aromatic carbocycles. The molecule has 2 nitrogen and oxygen atoms in total. The maximum atomic E-state index is 13.5. The summed E-state index contributed by atoms with van der Waals surface area (Å²) in [5.74, 6) is -0.155. The van der Waals surface area contributed by atoms with Crippen molar-refractivity contribution in [2.75, 3.05) is 13.2 Å². The molecule has 1 aromatic rings. The molecule has 1 heterocycles. The highest BCUT2D eigenvalue weighted by Gasteiger charge is 2.38. The summed E-state index contributed by atoms with van der Waals surface area (Å²) in [7, 11) is 0. The zero-order valence-corrected chi connectivity index (χ0v) is 12.8. The van der Waals surface area contributed by atoms with E-state index in [1.807, 2.05) is 13.0 Å². The zero-order chi connectivity index (χ0) is 14.6. The van der Waals surface area contributed by atoms with Crippen LogP contribution in [0.25, 0.3) is 0 Å². The Bertz CT molecular complexity index is 441. The second kappa shape index (κ2) is 6.68. The molecule has 0 radical (unpaired) electrons. The third kappa shape index (κ3) is 3.58. The van der Waals surface area contributed by atoms with Gasteiger partial charge in [-0.3, -0.25) is 0 Å². The second-order valence-corrected chi connectivity index (χ2v) is 6.05. The van der Waals surface area contributed by atoms with Crippen LogP contribution in [0.2, 0.25) is 0 Å². The summed E-state index contributed by atoms with van der Waals surface area (Å²) in [6.07, 6.45) is 4.10. The van der Waals surface area contributed by atoms with E-state index >= 15 is 0 Å². The molecule has 0 spiro atoms. The number of nitrogens with one attached hydrogen (secondary N) is 1. The molecule has 2 rings (SSSR count). The molecule has 1 N–H and O–H groups in total. The summed E-state index contributed by atoms with van der Waals surface area (Å²) >= 11 is 0. The quantitative estimate of drug-likeness (QED) is 0.859. The topological polar surface area (TPSA) is 21.3 Å². The van der Waals surface area contributed by atoms with Gasteiger partial charge in [0.05, 0.1) is 5.60 Å². The van der Waals surface area contributed by atoms with Gasteiger partial charge in [-0.05, 0) is 69.3 Å². The fourth-order valence-electron chi connectivity index (χ4n) is 2.98. The van der Waals surface area contributed by atoms with Crippen molar-refractivity contribution in [1.29, 1.82) is 0 Å². The first-order valence-corrected chi connectivity index (χ1v) is 7.67. The highest BCUT2D eigenvalue weighted by atomic mass is 19.1. The molecule has 0 amide bonds. The Morgan fingerprint density at radius 2 is 2.25 bits per heavy atom. The summed E-state index contributed by atoms with van der Waals surface area (Å²) in [4.78, 5) is 0. The molecule has 0 aliphatic carbocycles. The van der Waals surface area contributed by atoms with E-state index in [9.17, 15) is 4.39 Å². The van der Waals surface area contributed by atoms with Crippen LogP contribution in [-0.4, -0.2) is 24.8 Å². The van der Waals surface area contributed by atoms with Gasteiger partial charge in [0.2, 0.25) is 0 Å². The van der Waals surface area contributed by atoms with Gasteiger partial charge in [-0.1, -0.05) is 13.0 Å². The SMILES string of the molecule is CCCNC(Cc1cc(F)ccc1C)C1(C)CCCO1. The molecular weight excluding hydrogens is 253 g/mol. The van der Waals surface area contributed by atoms with Crippen molar-refractivity contribution in [2.45, 2.75) is 58.1 Å². The lowest BCUT2D eigenvalue weighted by Crippen LogP contribution is -2.50. The molecule has 2 atom stereocenters. The maximum absolute atomic E-state index is 13.5. The number of halogens is 1. The molecule has 20 heavy (non-hydrogen) atoms. The summed E-state index contributed by atoms with van der Waals surface area (Å²) < 4.78 is 19.5. The minimum atomic E-state index is -0.155. The number of aryl methyl sites for hydroxylation is 1. The van der Waals surface area contributed by atoms with Crippen LogP contribution in [0, 0.1) is 12.7 Å². The molecular formula is C17H26FNO. The van der Waals surface area contributed by atoms with Crippen molar-refractivity contribution >= 4 is 0 Å². The number of benzene rings is 1. The van der Waals surface area contributed by atoms with E-state index < -0.39 is 0 Å². The minimum Gasteiger partial charge on any atom is -0.374 e. The van der Waals surface area contributed by atoms with Crippen molar-refractivity contribution < 1.29 is 9.13 Å². The van der Waals surface area contributed by atoms with Crippen LogP contribution in [0.15, 0.2) is 18.2 Å². The van der Waals surface area contributed by atoms with Gasteiger partial charge in [0, 0.05) is 12.6 Å². The first kappa shape index (κ1) is 15.5. The normalized spacial score (nSPS) is 24.0. The van der Waals surface area contributed by atoms with Crippen molar-refractivity contribution in [3.05, 3.63) is 35.1 Å². The van der Waals surface area contributed by atoms with Crippen LogP contribution in [0.3, 0.4) is 0 Å². The van der Waals surface area contributed by atoms with Gasteiger partial charge in [-0.2, -0.15) is 0 Å². The Kier molecular flexibility index (Phi) is 5.17. The standard InChI is InChI=1S/C17H26FNO/c1-4-9-19-16(17(3)8-5-10-20-17)12-14-11-15(18)7-6-13(14)2/h6-7,11,16,19H,4-5,8-10,12H2,1-3H3. The van der Waals surface area contributed by atoms with Gasteiger partial charge in [-0.25, -0.2) is 4.39 Å². The average molecular weight is 279 g/mol. The molecule has 0 saturated carbocycles. The molecule has 0 bridgehead atoms. The highest BCUT2D eigenvalue weighted by Crippen LogP contribution is 2.31. The highest BCUT2D eigenvalue weighted by molar-refractivity contribution is 5.28. The first-order valence-electron chi connectivity index (χ1n) is 7.67. The number of ether oxygens (including phenoxy) is 1. The molecule has 3 heteroatoms. The molecule has 1 aliphatic heterocycles. The Hall–Kier alpha value is -0.930. The van der Waals surface area contributed by atoms with E-state index in [1.54, 1.807) is 6.07 Å². The van der Waals surface area contributed by atoms with E-state index in [2.05, 4.69) is 19.2 Å². The average Bonchev–Trinajstić information content (AvgIpc) is 2.86. The van der Waals surface area contributed by atoms with Crippen molar-refractivity contribution in [1.82, 2.24) is 5.32 Å². The predicted molar refractivity (Wildman–Crippen MR) is 80.5 cm³/mol. The van der Waals surface area contributed by atoms with Gasteiger partial charge >= 0.3 is 0 Å². The molecule has 1 saturated heterocycles. The van der Waals surface area contributed by atoms with Crippen LogP contribution >= 0.6 is 0 Å². The lowest BCUT2D eigenvalue weighted by Gasteiger charge is -2.34. The Balaban J connectivity index is 2.16. The maximum Gasteiger partial charge on any atom is 0.123 e. The Morgan fingerprint density at radius 3 is 2.90 bits per heavy atom. The van der Waals surface area contributed by atoms with E-state index in [1.165, 1.54) is 6.07 Å². The van der Waals surface area contributed by atoms with Crippen LogP contribution in [0.1, 0.15) is 44.2 Å². The molecule has 2 unspecified atom stereocenters. The van der Waals surface area contributed by atoms with Crippen LogP contribution in [-0.2, 0) is 11.2 Å². The van der Waals surface area contributed by atoms with E-state index in [4.69, 9.17) is 4.74 Å². The number of rotatable bonds is 6. The third-order valence-electron chi connectivity index (χ3n) is 4.36. The number of hydrogen-bond acceptors (Lipinski definition) is 2. The van der Waals surface area contributed by atoms with Crippen molar-refractivity contribution in [2.24, 2.45) is 0 Å². The largest absolute Gasteiger partial charge is 0.374 e. The van der Waals surface area contributed by atoms with Crippen molar-refractivity contribution in [3.8, 4) is 0 Å². The zero-order valence-electron chi connectivity index (χ0n) is 12.8. The van der Waals surface area contributed by atoms with E-state index in [0.29, 0.717) is 0 Å². The van der Waals surface area contributed by atoms with Gasteiger partial charge in [0.25, 0.3) is 0 Å². The summed E-state index contributed by atoms with van der Waals surface area (Å²) in [5, 5.41) is 3.60. The monoisotopic (exact) mass is 279 g/mol. The minimum absolute atomic E-state index is 0.131. The predicted octanol–water partition coefficient (Wildman–Crippen LogP) is 3.61. The van der Waals surface area contributed by atoms with Crippen LogP contribution < -0.4 is 5.32 Å². The van der Waals surface area contributed by atoms with Crippen LogP contribution in [0.4, 0.5) is 4.39 Å². The molecule has 0 aromatic heterocycles. The lowest BCUT2D eigenvalue weighted by molar-refractivity contribution is -0.0114. The summed E-state index contributed by atoms with van der Waals surface area (Å²) in [5.41, 5.74) is 2.10. The Labute approximate surface area is 121 Å². The van der Waals surface area contributed by atoms with Gasteiger partial charge in [0.15, 0.2) is 0 Å². The Morgan fingerprint density at radius 1 is 1.45 bits per heavy atom. The fraction of sp³-hybridized carbons (Fsp3) is 0.647. The van der Waals surface area contributed by atoms with Gasteiger partial charge < -0.3 is 10.1 Å². The first-order chi connectivity index (χ1) is 9.55. The van der Waals surface area contributed by atoms with E-state index in [0.717, 1.165) is 50.0 Å². The second-order valence-electron chi connectivity index (χ2n) is 6.05. The molecule has 1 fully saturated rings. The smallest absolute Gasteiger partial charge is 0.123 e. The molecule has 112 valence electrons. The third-order valence-corrected chi connectivity index (χ3v) is 4.36. The summed E-state index contributed by atoms with van der Waals surface area (Å²) in [6.45, 7) is 8.20. The van der Waals surface area contributed by atoms with E-state index in [-0.39, 0.29) is 17.5 Å². The number of hydrogen-bond donors (Lipinski definition) is 1. The lowest BCUT2D eigenvalue weighted by atomic mass is 9.87. The summed E-state index contributed by atoms with van der Waals surface area (Å²) in [6, 6.07) is 5.29. The van der Waals surface area contributed by atoms with Crippen LogP contribution in [0.5, 0.6) is 0 Å². The van der Waals surface area contributed by atoms with Gasteiger partial charge in [-0.15, -0.1) is 0 Å². The van der Waals surface area contributed by atoms with Gasteiger partial charge in [0.1, 0.15) is 5.82 Å². The van der Waals surface area contributed by atoms with Crippen molar-refractivity contribution in [3.63, 3.8) is 0 Å². The molecule has 1 aliphatic rings. The fourth-order valence-corrected chi connectivity index (χ4v) is 2.98.